The molecule has 0 saturated heterocycles. The Hall–Kier alpha value is -1.85. The summed E-state index contributed by atoms with van der Waals surface area (Å²) in [5.41, 5.74) is -0.217. The van der Waals surface area contributed by atoms with E-state index in [9.17, 15) is 9.59 Å². The van der Waals surface area contributed by atoms with E-state index in [1.807, 2.05) is 20.8 Å². The fourth-order valence-electron chi connectivity index (χ4n) is 1.34. The van der Waals surface area contributed by atoms with Gasteiger partial charge in [-0.1, -0.05) is 20.8 Å². The van der Waals surface area contributed by atoms with Crippen molar-refractivity contribution in [3.8, 4) is 0 Å². The number of anilines is 1. The van der Waals surface area contributed by atoms with Gasteiger partial charge >= 0.3 is 0 Å². The Balaban J connectivity index is 2.62. The zero-order chi connectivity index (χ0) is 13.5. The molecule has 6 nitrogen and oxygen atoms in total. The zero-order valence-corrected chi connectivity index (χ0v) is 11.0. The second kappa shape index (κ2) is 6.78. The average Bonchev–Trinajstić information content (AvgIpc) is 2.33. The highest BCUT2D eigenvalue weighted by Gasteiger charge is 2.06. The molecular weight excluding hydrogens is 232 g/mol. The predicted molar refractivity (Wildman–Crippen MR) is 70.7 cm³/mol. The van der Waals surface area contributed by atoms with E-state index >= 15 is 0 Å². The first-order valence-electron chi connectivity index (χ1n) is 6.14. The molecule has 1 aromatic rings. The summed E-state index contributed by atoms with van der Waals surface area (Å²) in [5, 5.41) is 5.59. The Kier molecular flexibility index (Phi) is 5.35. The van der Waals surface area contributed by atoms with Crippen molar-refractivity contribution in [1.29, 1.82) is 0 Å². The van der Waals surface area contributed by atoms with E-state index in [2.05, 4.69) is 20.6 Å². The summed E-state index contributed by atoms with van der Waals surface area (Å²) < 4.78 is 0. The molecule has 0 unspecified atom stereocenters. The van der Waals surface area contributed by atoms with Crippen molar-refractivity contribution in [3.05, 3.63) is 22.2 Å². The molecule has 0 aliphatic rings. The number of carbonyl (C=O) groups excluding carboxylic acids is 1. The maximum Gasteiger partial charge on any atom is 0.252 e. The Morgan fingerprint density at radius 1 is 1.50 bits per heavy atom. The molecular formula is C12H20N4O2. The van der Waals surface area contributed by atoms with Gasteiger partial charge in [0.25, 0.3) is 5.56 Å². The molecule has 6 heteroatoms. The highest BCUT2D eigenvalue weighted by Crippen LogP contribution is 2.08. The minimum Gasteiger partial charge on any atom is -0.361 e. The predicted octanol–water partition coefficient (Wildman–Crippen LogP) is 0.831. The number of nitrogens with one attached hydrogen (secondary N) is 3. The minimum absolute atomic E-state index is 0.106. The van der Waals surface area contributed by atoms with Gasteiger partial charge < -0.3 is 15.6 Å². The van der Waals surface area contributed by atoms with Crippen LogP contribution in [0.4, 0.5) is 5.82 Å². The van der Waals surface area contributed by atoms with Crippen molar-refractivity contribution in [3.63, 3.8) is 0 Å². The molecule has 0 aromatic carbocycles. The second-order valence-electron chi connectivity index (χ2n) is 4.37. The molecule has 1 rings (SSSR count). The molecule has 0 fully saturated rings. The molecule has 0 bridgehead atoms. The van der Waals surface area contributed by atoms with Gasteiger partial charge in [0.05, 0.1) is 6.54 Å². The monoisotopic (exact) mass is 252 g/mol. The first-order chi connectivity index (χ1) is 8.52. The van der Waals surface area contributed by atoms with Gasteiger partial charge in [0, 0.05) is 18.5 Å². The molecule has 0 spiro atoms. The number of amides is 1. The van der Waals surface area contributed by atoms with Crippen molar-refractivity contribution in [2.24, 2.45) is 0 Å². The lowest BCUT2D eigenvalue weighted by molar-refractivity contribution is -0.119. The van der Waals surface area contributed by atoms with Crippen LogP contribution in [0.15, 0.2) is 10.9 Å². The van der Waals surface area contributed by atoms with Crippen molar-refractivity contribution in [2.45, 2.75) is 33.1 Å². The molecule has 3 N–H and O–H groups in total. The van der Waals surface area contributed by atoms with Crippen molar-refractivity contribution < 1.29 is 4.79 Å². The Labute approximate surface area is 106 Å². The smallest absolute Gasteiger partial charge is 0.252 e. The largest absolute Gasteiger partial charge is 0.361 e. The van der Waals surface area contributed by atoms with E-state index in [4.69, 9.17) is 0 Å². The van der Waals surface area contributed by atoms with Gasteiger partial charge in [-0.3, -0.25) is 9.59 Å². The quantitative estimate of drug-likeness (QED) is 0.700. The lowest BCUT2D eigenvalue weighted by atomic mass is 10.2. The van der Waals surface area contributed by atoms with Crippen LogP contribution < -0.4 is 16.2 Å². The average molecular weight is 252 g/mol. The Morgan fingerprint density at radius 3 is 2.83 bits per heavy atom. The van der Waals surface area contributed by atoms with Crippen LogP contribution in [0.3, 0.4) is 0 Å². The molecule has 1 aromatic heterocycles. The fourth-order valence-corrected chi connectivity index (χ4v) is 1.34. The molecule has 0 radical (unpaired) electrons. The van der Waals surface area contributed by atoms with Crippen LogP contribution in [0.5, 0.6) is 0 Å². The SMILES string of the molecule is CCCNC(=O)CNc1cc(=O)[nH]c(C(C)C)n1. The highest BCUT2D eigenvalue weighted by atomic mass is 16.2. The van der Waals surface area contributed by atoms with Crippen molar-refractivity contribution in [2.75, 3.05) is 18.4 Å². The number of hydrogen-bond acceptors (Lipinski definition) is 4. The first-order valence-corrected chi connectivity index (χ1v) is 6.14. The number of nitrogens with zero attached hydrogens (tertiary/aromatic N) is 1. The number of H-pyrrole nitrogens is 1. The number of aromatic nitrogens is 2. The second-order valence-corrected chi connectivity index (χ2v) is 4.37. The van der Waals surface area contributed by atoms with Gasteiger partial charge in [0.15, 0.2) is 0 Å². The van der Waals surface area contributed by atoms with Gasteiger partial charge in [-0.2, -0.15) is 0 Å². The topological polar surface area (TPSA) is 86.9 Å². The number of hydrogen-bond donors (Lipinski definition) is 3. The lowest BCUT2D eigenvalue weighted by Crippen LogP contribution is -2.31. The number of rotatable bonds is 6. The molecule has 0 aliphatic heterocycles. The molecule has 0 aliphatic carbocycles. The van der Waals surface area contributed by atoms with E-state index in [1.54, 1.807) is 0 Å². The number of aromatic amines is 1. The summed E-state index contributed by atoms with van der Waals surface area (Å²) in [7, 11) is 0. The summed E-state index contributed by atoms with van der Waals surface area (Å²) in [6, 6.07) is 1.35. The van der Waals surface area contributed by atoms with Gasteiger partial charge in [0.1, 0.15) is 11.6 Å². The van der Waals surface area contributed by atoms with Crippen LogP contribution >= 0.6 is 0 Å². The summed E-state index contributed by atoms with van der Waals surface area (Å²) in [6.07, 6.45) is 0.895. The van der Waals surface area contributed by atoms with Crippen LogP contribution in [0, 0.1) is 0 Å². The van der Waals surface area contributed by atoms with Crippen LogP contribution in [-0.2, 0) is 4.79 Å². The molecule has 1 heterocycles. The van der Waals surface area contributed by atoms with Crippen molar-refractivity contribution >= 4 is 11.7 Å². The maximum atomic E-state index is 11.4. The fraction of sp³-hybridized carbons (Fsp3) is 0.583. The molecule has 0 atom stereocenters. The van der Waals surface area contributed by atoms with Crippen LogP contribution in [0.1, 0.15) is 38.9 Å². The van der Waals surface area contributed by atoms with E-state index in [0.717, 1.165) is 6.42 Å². The van der Waals surface area contributed by atoms with Gasteiger partial charge in [-0.15, -0.1) is 0 Å². The Morgan fingerprint density at radius 2 is 2.22 bits per heavy atom. The van der Waals surface area contributed by atoms with Crippen molar-refractivity contribution in [1.82, 2.24) is 15.3 Å². The normalized spacial score (nSPS) is 10.4. The standard InChI is InChI=1S/C12H20N4O2/c1-4-5-13-11(18)7-14-9-6-10(17)16-12(15-9)8(2)3/h6,8H,4-5,7H2,1-3H3,(H,13,18)(H2,14,15,16,17). The van der Waals surface area contributed by atoms with Crippen LogP contribution in [-0.4, -0.2) is 29.0 Å². The van der Waals surface area contributed by atoms with Gasteiger partial charge in [0.2, 0.25) is 5.91 Å². The third-order valence-electron chi connectivity index (χ3n) is 2.31. The minimum atomic E-state index is -0.217. The van der Waals surface area contributed by atoms with E-state index in [-0.39, 0.29) is 23.9 Å². The highest BCUT2D eigenvalue weighted by molar-refractivity contribution is 5.80. The Bertz CT molecular complexity index is 454. The summed E-state index contributed by atoms with van der Waals surface area (Å²) in [4.78, 5) is 29.7. The first kappa shape index (κ1) is 14.2. The number of carbonyl (C=O) groups is 1. The molecule has 18 heavy (non-hydrogen) atoms. The van der Waals surface area contributed by atoms with E-state index in [0.29, 0.717) is 18.2 Å². The van der Waals surface area contributed by atoms with Crippen LogP contribution in [0.25, 0.3) is 0 Å². The van der Waals surface area contributed by atoms with E-state index < -0.39 is 0 Å². The lowest BCUT2D eigenvalue weighted by Gasteiger charge is -2.09. The summed E-state index contributed by atoms with van der Waals surface area (Å²) >= 11 is 0. The zero-order valence-electron chi connectivity index (χ0n) is 11.0. The van der Waals surface area contributed by atoms with Gasteiger partial charge in [-0.05, 0) is 6.42 Å². The van der Waals surface area contributed by atoms with Gasteiger partial charge in [-0.25, -0.2) is 4.98 Å². The summed E-state index contributed by atoms with van der Waals surface area (Å²) in [5.74, 6) is 1.06. The molecule has 100 valence electrons. The third kappa shape index (κ3) is 4.57. The molecule has 0 saturated carbocycles. The third-order valence-corrected chi connectivity index (χ3v) is 2.31. The van der Waals surface area contributed by atoms with Crippen LogP contribution in [0.2, 0.25) is 0 Å². The maximum absolute atomic E-state index is 11.4. The molecule has 1 amide bonds. The summed E-state index contributed by atoms with van der Waals surface area (Å²) in [6.45, 7) is 6.64. The van der Waals surface area contributed by atoms with E-state index in [1.165, 1.54) is 6.07 Å².